The molecule has 1 aliphatic rings. The van der Waals surface area contributed by atoms with Crippen LogP contribution in [0.3, 0.4) is 0 Å². The van der Waals surface area contributed by atoms with Gasteiger partial charge in [-0.25, -0.2) is 4.98 Å². The number of pyridine rings is 1. The summed E-state index contributed by atoms with van der Waals surface area (Å²) in [7, 11) is 0. The van der Waals surface area contributed by atoms with E-state index in [1.165, 1.54) is 44.4 Å². The molecule has 1 aliphatic carbocycles. The van der Waals surface area contributed by atoms with Crippen LogP contribution < -0.4 is 21.9 Å². The van der Waals surface area contributed by atoms with Gasteiger partial charge in [0.05, 0.1) is 16.6 Å². The maximum Gasteiger partial charge on any atom is 0.416 e. The molecule has 2 heterocycles. The fourth-order valence-electron chi connectivity index (χ4n) is 3.90. The molecule has 0 saturated heterocycles. The Morgan fingerprint density at radius 3 is 2.14 bits per heavy atom. The second-order valence-corrected chi connectivity index (χ2v) is 8.45. The highest BCUT2D eigenvalue weighted by atomic mass is 19.4. The lowest BCUT2D eigenvalue weighted by molar-refractivity contribution is -0.143. The Balaban J connectivity index is 0.000000319. The number of benzene rings is 1. The van der Waals surface area contributed by atoms with Crippen molar-refractivity contribution in [3.63, 3.8) is 0 Å². The standard InChI is InChI=1S/C15H9F6N5O.C8H15NO/c16-14(17,18)6-3-7(15(19,20)21)5-8(4-6)24-11-10-9(25-13(22)26-11)1-2-23-12(10)27;1-7(10)9-8-5-3-2-4-6-8/h1-5H,(H,23,27)(H3,22,24,25,26);8H,2-6H2,1H3,(H,9,10). The van der Waals surface area contributed by atoms with Crippen LogP contribution in [-0.4, -0.2) is 26.9 Å². The number of hydrogen-bond donors (Lipinski definition) is 4. The SMILES string of the molecule is CC(=O)NC1CCCCC1.Nc1nc(Nc2cc(C(F)(F)F)cc(C(F)(F)F)c2)c2c(=O)[nH]ccc2n1. The highest BCUT2D eigenvalue weighted by molar-refractivity contribution is 5.90. The number of nitrogens with one attached hydrogen (secondary N) is 3. The lowest BCUT2D eigenvalue weighted by atomic mass is 9.95. The van der Waals surface area contributed by atoms with Gasteiger partial charge in [0.25, 0.3) is 5.56 Å². The van der Waals surface area contributed by atoms with Crippen LogP contribution in [0.15, 0.2) is 35.3 Å². The molecule has 1 aromatic carbocycles. The molecule has 37 heavy (non-hydrogen) atoms. The van der Waals surface area contributed by atoms with Crippen molar-refractivity contribution in [3.05, 3.63) is 51.9 Å². The Morgan fingerprint density at radius 2 is 1.59 bits per heavy atom. The summed E-state index contributed by atoms with van der Waals surface area (Å²) in [5.74, 6) is -0.530. The van der Waals surface area contributed by atoms with E-state index in [4.69, 9.17) is 5.73 Å². The highest BCUT2D eigenvalue weighted by Crippen LogP contribution is 2.38. The molecule has 5 N–H and O–H groups in total. The fourth-order valence-corrected chi connectivity index (χ4v) is 3.90. The third-order valence-electron chi connectivity index (χ3n) is 5.50. The first kappa shape index (κ1) is 27.7. The first-order chi connectivity index (χ1) is 17.2. The molecule has 0 bridgehead atoms. The zero-order valence-electron chi connectivity index (χ0n) is 19.6. The van der Waals surface area contributed by atoms with E-state index in [9.17, 15) is 35.9 Å². The molecular formula is C23H24F6N6O2. The number of hydrogen-bond acceptors (Lipinski definition) is 6. The van der Waals surface area contributed by atoms with Gasteiger partial charge in [0.2, 0.25) is 11.9 Å². The first-order valence-corrected chi connectivity index (χ1v) is 11.2. The number of carbonyl (C=O) groups excluding carboxylic acids is 1. The highest BCUT2D eigenvalue weighted by Gasteiger charge is 2.37. The van der Waals surface area contributed by atoms with E-state index in [0.717, 1.165) is 0 Å². The van der Waals surface area contributed by atoms with Gasteiger partial charge in [-0.2, -0.15) is 31.3 Å². The van der Waals surface area contributed by atoms with E-state index >= 15 is 0 Å². The van der Waals surface area contributed by atoms with E-state index in [1.807, 2.05) is 0 Å². The van der Waals surface area contributed by atoms with Gasteiger partial charge >= 0.3 is 12.4 Å². The van der Waals surface area contributed by atoms with Crippen LogP contribution in [0.2, 0.25) is 0 Å². The predicted octanol–water partition coefficient (Wildman–Crippen LogP) is 5.14. The molecule has 0 aliphatic heterocycles. The van der Waals surface area contributed by atoms with Gasteiger partial charge in [-0.05, 0) is 37.1 Å². The van der Waals surface area contributed by atoms with Gasteiger partial charge in [0.15, 0.2) is 0 Å². The molecule has 8 nitrogen and oxygen atoms in total. The number of fused-ring (bicyclic) bond motifs is 1. The van der Waals surface area contributed by atoms with Crippen LogP contribution >= 0.6 is 0 Å². The van der Waals surface area contributed by atoms with Crippen molar-refractivity contribution in [1.82, 2.24) is 20.3 Å². The van der Waals surface area contributed by atoms with Gasteiger partial charge in [-0.3, -0.25) is 9.59 Å². The van der Waals surface area contributed by atoms with E-state index in [-0.39, 0.29) is 34.6 Å². The number of amides is 1. The van der Waals surface area contributed by atoms with Gasteiger partial charge in [0, 0.05) is 24.8 Å². The van der Waals surface area contributed by atoms with Crippen molar-refractivity contribution in [2.45, 2.75) is 57.4 Å². The average molecular weight is 530 g/mol. The van der Waals surface area contributed by atoms with Crippen molar-refractivity contribution in [2.75, 3.05) is 11.1 Å². The number of rotatable bonds is 3. The third-order valence-corrected chi connectivity index (χ3v) is 5.50. The number of aromatic amines is 1. The van der Waals surface area contributed by atoms with Crippen molar-refractivity contribution in [2.24, 2.45) is 0 Å². The second-order valence-electron chi connectivity index (χ2n) is 8.45. The van der Waals surface area contributed by atoms with Crippen molar-refractivity contribution >= 4 is 34.3 Å². The summed E-state index contributed by atoms with van der Waals surface area (Å²) in [6, 6.07) is 2.76. The molecule has 200 valence electrons. The Bertz CT molecular complexity index is 1280. The topological polar surface area (TPSA) is 126 Å². The lowest BCUT2D eigenvalue weighted by Crippen LogP contribution is -2.34. The summed E-state index contributed by atoms with van der Waals surface area (Å²) in [5, 5.41) is 5.08. The third kappa shape index (κ3) is 7.57. The van der Waals surface area contributed by atoms with Crippen LogP contribution in [0.1, 0.15) is 50.2 Å². The smallest absolute Gasteiger partial charge is 0.368 e. The zero-order valence-corrected chi connectivity index (χ0v) is 19.6. The molecular weight excluding hydrogens is 506 g/mol. The summed E-state index contributed by atoms with van der Waals surface area (Å²) in [6.07, 6.45) is -2.50. The molecule has 1 fully saturated rings. The van der Waals surface area contributed by atoms with Gasteiger partial charge < -0.3 is 21.4 Å². The van der Waals surface area contributed by atoms with Crippen LogP contribution in [0.25, 0.3) is 10.9 Å². The van der Waals surface area contributed by atoms with E-state index in [2.05, 4.69) is 25.6 Å². The van der Waals surface area contributed by atoms with E-state index in [1.54, 1.807) is 6.92 Å². The summed E-state index contributed by atoms with van der Waals surface area (Å²) in [5.41, 5.74) is 1.27. The van der Waals surface area contributed by atoms with Crippen LogP contribution in [0.4, 0.5) is 43.8 Å². The molecule has 0 radical (unpaired) electrons. The van der Waals surface area contributed by atoms with Crippen molar-refractivity contribution < 1.29 is 31.1 Å². The summed E-state index contributed by atoms with van der Waals surface area (Å²) in [6.45, 7) is 1.59. The quantitative estimate of drug-likeness (QED) is 0.348. The number of H-pyrrole nitrogens is 1. The van der Waals surface area contributed by atoms with Crippen molar-refractivity contribution in [1.29, 1.82) is 0 Å². The molecule has 4 rings (SSSR count). The van der Waals surface area contributed by atoms with Gasteiger partial charge in [0.1, 0.15) is 11.2 Å². The summed E-state index contributed by atoms with van der Waals surface area (Å²) >= 11 is 0. The molecule has 3 aromatic rings. The minimum absolute atomic E-state index is 0.00949. The molecule has 2 aromatic heterocycles. The van der Waals surface area contributed by atoms with Gasteiger partial charge in [-0.15, -0.1) is 0 Å². The van der Waals surface area contributed by atoms with Crippen LogP contribution in [0, 0.1) is 0 Å². The average Bonchev–Trinajstić information content (AvgIpc) is 2.78. The maximum absolute atomic E-state index is 13.0. The number of aromatic nitrogens is 3. The summed E-state index contributed by atoms with van der Waals surface area (Å²) < 4.78 is 77.8. The number of nitrogen functional groups attached to an aromatic ring is 1. The number of nitrogens with zero attached hydrogens (tertiary/aromatic N) is 2. The maximum atomic E-state index is 13.0. The number of carbonyl (C=O) groups is 1. The Labute approximate surface area is 206 Å². The first-order valence-electron chi connectivity index (χ1n) is 11.2. The zero-order chi connectivity index (χ0) is 27.4. The van der Waals surface area contributed by atoms with Crippen molar-refractivity contribution in [3.8, 4) is 0 Å². The van der Waals surface area contributed by atoms with E-state index in [0.29, 0.717) is 18.2 Å². The molecule has 0 spiro atoms. The summed E-state index contributed by atoms with van der Waals surface area (Å²) in [4.78, 5) is 32.4. The Hall–Kier alpha value is -3.84. The van der Waals surface area contributed by atoms with E-state index < -0.39 is 34.7 Å². The van der Waals surface area contributed by atoms with Gasteiger partial charge in [-0.1, -0.05) is 19.3 Å². The largest absolute Gasteiger partial charge is 0.416 e. The fraction of sp³-hybridized carbons (Fsp3) is 0.391. The number of anilines is 3. The monoisotopic (exact) mass is 530 g/mol. The number of nitrogens with two attached hydrogens (primary N) is 1. The van der Waals surface area contributed by atoms with Crippen LogP contribution in [-0.2, 0) is 17.1 Å². The minimum Gasteiger partial charge on any atom is -0.368 e. The molecule has 14 heteroatoms. The second kappa shape index (κ2) is 11.0. The minimum atomic E-state index is -5.01. The normalized spacial score (nSPS) is 14.6. The number of alkyl halides is 6. The predicted molar refractivity (Wildman–Crippen MR) is 125 cm³/mol. The molecule has 0 unspecified atom stereocenters. The molecule has 1 saturated carbocycles. The number of halogens is 6. The lowest BCUT2D eigenvalue weighted by Gasteiger charge is -2.21. The van der Waals surface area contributed by atoms with Crippen LogP contribution in [0.5, 0.6) is 0 Å². The molecule has 0 atom stereocenters. The molecule has 1 amide bonds. The Kier molecular flexibility index (Phi) is 8.28. The Morgan fingerprint density at radius 1 is 1.00 bits per heavy atom.